The number of benzene rings is 8. The summed E-state index contributed by atoms with van der Waals surface area (Å²) in [7, 11) is 0. The third kappa shape index (κ3) is 8.48. The molecule has 0 amide bonds. The highest BCUT2D eigenvalue weighted by Crippen LogP contribution is 2.41. The van der Waals surface area contributed by atoms with Crippen LogP contribution in [0.1, 0.15) is 11.1 Å². The van der Waals surface area contributed by atoms with Gasteiger partial charge in [-0.15, -0.1) is 22.7 Å². The molecule has 13 aromatic rings. The molecule has 5 heterocycles. The minimum Gasteiger partial charge on any atom is -0.300 e. The number of hydrogen-bond acceptors (Lipinski definition) is 4. The van der Waals surface area contributed by atoms with Crippen LogP contribution in [0, 0.1) is 0 Å². The Hall–Kier alpha value is -7.74. The van der Waals surface area contributed by atoms with E-state index in [0.717, 1.165) is 44.9 Å². The van der Waals surface area contributed by atoms with Gasteiger partial charge in [0.25, 0.3) is 0 Å². The number of nitrogens with zero attached hydrogens (tertiary/aromatic N) is 3. The number of hydrogen-bond donors (Lipinski definition) is 0. The largest absolute Gasteiger partial charge is 0.300 e. The SMILES string of the molecule is Brc1cc(-c2ccccc2)cc(-c2ccccc2)n1.C1=Cc2ccc3c(sc4ccccc43)c2C1.c1ccc(-c2cc(-c3ccccc3)nc(-n3ccc4ccc5c6ccccc6sc5c43)c2)cc1. The van der Waals surface area contributed by atoms with Gasteiger partial charge in [-0.05, 0) is 98.2 Å². The molecule has 14 rings (SSSR count). The Balaban J connectivity index is 0.000000118. The van der Waals surface area contributed by atoms with Crippen molar-refractivity contribution < 1.29 is 0 Å². The van der Waals surface area contributed by atoms with Crippen LogP contribution in [0.2, 0.25) is 0 Å². The first-order valence-corrected chi connectivity index (χ1v) is 25.5. The van der Waals surface area contributed by atoms with Crippen molar-refractivity contribution in [2.45, 2.75) is 6.42 Å². The Bertz CT molecular complexity index is 3870. The van der Waals surface area contributed by atoms with Gasteiger partial charge in [0, 0.05) is 58.4 Å². The summed E-state index contributed by atoms with van der Waals surface area (Å²) in [6.45, 7) is 0. The summed E-state index contributed by atoms with van der Waals surface area (Å²) >= 11 is 7.28. The number of aromatic nitrogens is 3. The molecule has 8 aromatic carbocycles. The van der Waals surface area contributed by atoms with E-state index < -0.39 is 0 Å². The summed E-state index contributed by atoms with van der Waals surface area (Å²) in [5.41, 5.74) is 13.0. The van der Waals surface area contributed by atoms with Crippen LogP contribution >= 0.6 is 38.6 Å². The number of thiophene rings is 2. The van der Waals surface area contributed by atoms with Crippen LogP contribution in [-0.4, -0.2) is 14.5 Å². The molecule has 0 spiro atoms. The van der Waals surface area contributed by atoms with E-state index in [4.69, 9.17) is 4.98 Å². The maximum Gasteiger partial charge on any atom is 0.138 e. The molecule has 0 saturated heterocycles. The summed E-state index contributed by atoms with van der Waals surface area (Å²) in [5, 5.41) is 6.66. The summed E-state index contributed by atoms with van der Waals surface area (Å²) in [6.07, 6.45) is 7.74. The highest BCUT2D eigenvalue weighted by Gasteiger charge is 2.16. The van der Waals surface area contributed by atoms with Crippen molar-refractivity contribution in [1.82, 2.24) is 14.5 Å². The van der Waals surface area contributed by atoms with E-state index in [1.165, 1.54) is 79.1 Å². The van der Waals surface area contributed by atoms with Crippen molar-refractivity contribution in [3.05, 3.63) is 252 Å². The second-order valence-electron chi connectivity index (χ2n) is 17.0. The van der Waals surface area contributed by atoms with E-state index in [1.807, 2.05) is 71.2 Å². The zero-order chi connectivity index (χ0) is 46.1. The number of pyridine rings is 2. The normalized spacial score (nSPS) is 11.7. The van der Waals surface area contributed by atoms with Gasteiger partial charge in [-0.1, -0.05) is 194 Å². The maximum atomic E-state index is 5.15. The average molecular weight is 985 g/mol. The molecular weight excluding hydrogens is 943 g/mol. The zero-order valence-corrected chi connectivity index (χ0v) is 40.6. The molecule has 0 bridgehead atoms. The van der Waals surface area contributed by atoms with Crippen LogP contribution in [0.5, 0.6) is 0 Å². The van der Waals surface area contributed by atoms with E-state index in [9.17, 15) is 0 Å². The minimum absolute atomic E-state index is 0.854. The third-order valence-electron chi connectivity index (χ3n) is 12.7. The Morgan fingerprint density at radius 1 is 0.420 bits per heavy atom. The van der Waals surface area contributed by atoms with Gasteiger partial charge in [0.05, 0.1) is 21.6 Å². The van der Waals surface area contributed by atoms with Gasteiger partial charge < -0.3 is 0 Å². The molecule has 0 atom stereocenters. The molecule has 1 aliphatic carbocycles. The lowest BCUT2D eigenvalue weighted by atomic mass is 10.0. The van der Waals surface area contributed by atoms with E-state index >= 15 is 0 Å². The first-order valence-electron chi connectivity index (χ1n) is 23.0. The Labute approximate surface area is 417 Å². The molecule has 0 N–H and O–H groups in total. The zero-order valence-electron chi connectivity index (χ0n) is 37.3. The van der Waals surface area contributed by atoms with E-state index in [0.29, 0.717) is 0 Å². The van der Waals surface area contributed by atoms with Crippen LogP contribution in [-0.2, 0) is 6.42 Å². The third-order valence-corrected chi connectivity index (χ3v) is 15.6. The topological polar surface area (TPSA) is 30.7 Å². The van der Waals surface area contributed by atoms with E-state index in [2.05, 4.69) is 220 Å². The lowest BCUT2D eigenvalue weighted by Crippen LogP contribution is -1.99. The van der Waals surface area contributed by atoms with Crippen molar-refractivity contribution >= 4 is 95.9 Å². The Kier molecular flexibility index (Phi) is 11.6. The van der Waals surface area contributed by atoms with Crippen LogP contribution in [0.15, 0.2) is 241 Å². The monoisotopic (exact) mass is 983 g/mol. The molecule has 0 radical (unpaired) electrons. The molecule has 5 aromatic heterocycles. The Morgan fingerprint density at radius 3 is 1.55 bits per heavy atom. The fourth-order valence-corrected chi connectivity index (χ4v) is 12.3. The van der Waals surface area contributed by atoms with Crippen molar-refractivity contribution in [3.63, 3.8) is 0 Å². The predicted octanol–water partition coefficient (Wildman–Crippen LogP) is 18.5. The van der Waals surface area contributed by atoms with Gasteiger partial charge in [0.1, 0.15) is 10.4 Å². The van der Waals surface area contributed by atoms with Crippen LogP contribution < -0.4 is 0 Å². The van der Waals surface area contributed by atoms with Gasteiger partial charge in [-0.25, -0.2) is 9.97 Å². The second-order valence-corrected chi connectivity index (χ2v) is 19.9. The fourth-order valence-electron chi connectivity index (χ4n) is 9.37. The van der Waals surface area contributed by atoms with Crippen LogP contribution in [0.4, 0.5) is 0 Å². The van der Waals surface area contributed by atoms with Crippen LogP contribution in [0.25, 0.3) is 108 Å². The van der Waals surface area contributed by atoms with Crippen molar-refractivity contribution in [3.8, 4) is 50.6 Å². The van der Waals surface area contributed by atoms with Gasteiger partial charge in [0.2, 0.25) is 0 Å². The molecule has 69 heavy (non-hydrogen) atoms. The molecule has 0 unspecified atom stereocenters. The molecule has 0 aliphatic heterocycles. The standard InChI is InChI=1S/C31H20N2S.C17H12BrN.C15H10S/c1-3-9-21(10-4-1)24-19-27(22-11-5-2-6-12-22)32-29(20-24)33-18-17-23-15-16-26-25-13-7-8-14-28(25)34-31(26)30(23)33;18-17-12-15(13-7-3-1-4-8-13)11-16(19-17)14-9-5-2-6-10-14;1-2-7-14-12(5-1)13-9-8-10-4-3-6-11(10)15(13)16-14/h1-20H;1-12H;1-5,7-9H,6H2. The first kappa shape index (κ1) is 42.6. The van der Waals surface area contributed by atoms with Crippen molar-refractivity contribution in [1.29, 1.82) is 0 Å². The molecule has 1 aliphatic rings. The van der Waals surface area contributed by atoms with E-state index in [-0.39, 0.29) is 0 Å². The molecule has 3 nitrogen and oxygen atoms in total. The summed E-state index contributed by atoms with van der Waals surface area (Å²) in [5.74, 6) is 0.931. The number of allylic oxidation sites excluding steroid dienone is 1. The summed E-state index contributed by atoms with van der Waals surface area (Å²) < 4.78 is 8.60. The number of rotatable bonds is 5. The Morgan fingerprint density at radius 2 is 0.928 bits per heavy atom. The fraction of sp³-hybridized carbons (Fsp3) is 0.0159. The molecule has 0 saturated carbocycles. The van der Waals surface area contributed by atoms with Gasteiger partial charge in [0.15, 0.2) is 0 Å². The molecular formula is C63H42BrN3S2. The second kappa shape index (κ2) is 18.7. The van der Waals surface area contributed by atoms with Gasteiger partial charge in [-0.2, -0.15) is 0 Å². The number of fused-ring (bicyclic) bond motifs is 10. The quantitative estimate of drug-likeness (QED) is 0.161. The van der Waals surface area contributed by atoms with Gasteiger partial charge >= 0.3 is 0 Å². The summed E-state index contributed by atoms with van der Waals surface area (Å²) in [6, 6.07) is 78.6. The molecule has 328 valence electrons. The van der Waals surface area contributed by atoms with E-state index in [1.54, 1.807) is 0 Å². The highest BCUT2D eigenvalue weighted by molar-refractivity contribution is 9.10. The molecule has 0 fully saturated rings. The van der Waals surface area contributed by atoms with Crippen molar-refractivity contribution in [2.24, 2.45) is 0 Å². The first-order chi connectivity index (χ1) is 34.1. The van der Waals surface area contributed by atoms with Gasteiger partial charge in [-0.3, -0.25) is 4.57 Å². The highest BCUT2D eigenvalue weighted by atomic mass is 79.9. The molecule has 6 heteroatoms. The minimum atomic E-state index is 0.854. The predicted molar refractivity (Wildman–Crippen MR) is 300 cm³/mol. The smallest absolute Gasteiger partial charge is 0.138 e. The lowest BCUT2D eigenvalue weighted by molar-refractivity contribution is 1.05. The summed E-state index contributed by atoms with van der Waals surface area (Å²) in [4.78, 5) is 9.70. The lowest BCUT2D eigenvalue weighted by Gasteiger charge is -2.12. The van der Waals surface area contributed by atoms with Crippen molar-refractivity contribution in [2.75, 3.05) is 0 Å². The average Bonchev–Trinajstić information content (AvgIpc) is 4.24. The number of halogens is 1. The van der Waals surface area contributed by atoms with Crippen LogP contribution in [0.3, 0.4) is 0 Å². The maximum absolute atomic E-state index is 5.15.